The second-order valence-corrected chi connectivity index (χ2v) is 20.5. The van der Waals surface area contributed by atoms with Crippen LogP contribution in [-0.4, -0.2) is 215 Å². The molecule has 0 aliphatic carbocycles. The molecule has 0 aromatic heterocycles. The van der Waals surface area contributed by atoms with Crippen LogP contribution in [0.3, 0.4) is 0 Å². The largest absolute Gasteiger partial charge is 0.394 e. The number of aliphatic hydroxyl groups excluding tert-OH is 3. The number of likely N-dealkylation sites (tertiary alicyclic amines) is 1. The normalized spacial score (nSPS) is 15.9. The number of benzene rings is 1. The van der Waals surface area contributed by atoms with Crippen LogP contribution in [0.1, 0.15) is 85.5 Å². The summed E-state index contributed by atoms with van der Waals surface area (Å²) in [6.45, 7) is 1.91. The van der Waals surface area contributed by atoms with E-state index in [2.05, 4.69) is 58.5 Å². The maximum atomic E-state index is 13.8. The fourth-order valence-corrected chi connectivity index (χ4v) is 8.29. The highest BCUT2D eigenvalue weighted by Crippen LogP contribution is 2.21. The zero-order valence-electron chi connectivity index (χ0n) is 48.4. The molecule has 1 aliphatic rings. The topological polar surface area (TPSA) is 565 Å². The van der Waals surface area contributed by atoms with E-state index in [1.807, 2.05) is 0 Å². The third-order valence-electron chi connectivity index (χ3n) is 13.1. The SMILES string of the molecule is CC(C)[C@H](NC(=O)[C@@H]1CCCN1C(=O)[C@@H](NC(=O)[C@H](C)NC(=O)CNC(=O)[C@H](CO)NC(=O)CNC(=O)[C@H](CO)NC(=O)[C@H](CC(N)=O)NC(=O)[C@H](CCCCN)NC(=O)CNC(=O)[C@@H](N)CCCCN)[C@@H](C)O)C(=O)Nc1ccc([N+](=O)[O-])cc1. The van der Waals surface area contributed by atoms with Crippen LogP contribution < -0.4 is 81.4 Å². The van der Waals surface area contributed by atoms with Gasteiger partial charge in [0.15, 0.2) is 0 Å². The Labute approximate surface area is 494 Å². The first-order valence-corrected chi connectivity index (χ1v) is 27.7. The van der Waals surface area contributed by atoms with Crippen molar-refractivity contribution in [2.75, 3.05) is 57.8 Å². The van der Waals surface area contributed by atoms with Gasteiger partial charge in [0.05, 0.1) is 56.3 Å². The van der Waals surface area contributed by atoms with Gasteiger partial charge in [-0.3, -0.25) is 72.4 Å². The first-order chi connectivity index (χ1) is 40.6. The third kappa shape index (κ3) is 25.4. The molecular weight excluding hydrogens is 1140 g/mol. The number of hydrogen-bond acceptors (Lipinski definition) is 21. The number of carbonyl (C=O) groups is 13. The van der Waals surface area contributed by atoms with Gasteiger partial charge < -0.3 is 102 Å². The minimum Gasteiger partial charge on any atom is -0.394 e. The van der Waals surface area contributed by atoms with Crippen LogP contribution in [0.15, 0.2) is 24.3 Å². The summed E-state index contributed by atoms with van der Waals surface area (Å²) in [6, 6.07) is -7.87. The van der Waals surface area contributed by atoms with E-state index >= 15 is 0 Å². The molecule has 1 fully saturated rings. The molecule has 13 amide bonds. The number of nitro benzene ring substituents is 1. The number of hydrogen-bond donors (Lipinski definition) is 18. The van der Waals surface area contributed by atoms with Crippen molar-refractivity contribution in [1.29, 1.82) is 0 Å². The van der Waals surface area contributed by atoms with E-state index in [1.165, 1.54) is 38.1 Å². The number of unbranched alkanes of at least 4 members (excludes halogenated alkanes) is 2. The van der Waals surface area contributed by atoms with Gasteiger partial charge in [-0.05, 0) is 89.9 Å². The molecule has 480 valence electrons. The van der Waals surface area contributed by atoms with Crippen molar-refractivity contribution in [2.45, 2.75) is 146 Å². The van der Waals surface area contributed by atoms with E-state index in [4.69, 9.17) is 22.9 Å². The van der Waals surface area contributed by atoms with E-state index in [-0.39, 0.29) is 37.3 Å². The molecule has 0 unspecified atom stereocenters. The number of nitro groups is 1. The number of aliphatic hydroxyl groups is 3. The molecule has 1 saturated heterocycles. The predicted molar refractivity (Wildman–Crippen MR) is 303 cm³/mol. The van der Waals surface area contributed by atoms with Gasteiger partial charge in [0, 0.05) is 24.4 Å². The van der Waals surface area contributed by atoms with Crippen LogP contribution >= 0.6 is 0 Å². The zero-order valence-corrected chi connectivity index (χ0v) is 48.4. The highest BCUT2D eigenvalue weighted by atomic mass is 16.6. The minimum atomic E-state index is -1.83. The maximum Gasteiger partial charge on any atom is 0.269 e. The van der Waals surface area contributed by atoms with Gasteiger partial charge in [0.1, 0.15) is 48.3 Å². The number of nitrogens with one attached hydrogen (secondary N) is 11. The molecule has 1 heterocycles. The highest BCUT2D eigenvalue weighted by molar-refractivity contribution is 6.01. The molecule has 35 heteroatoms. The average molecular weight is 1220 g/mol. The fraction of sp³-hybridized carbons (Fsp3) is 0.627. The second kappa shape index (κ2) is 37.7. The van der Waals surface area contributed by atoms with E-state index in [0.29, 0.717) is 45.1 Å². The van der Waals surface area contributed by atoms with Gasteiger partial charge >= 0.3 is 0 Å². The van der Waals surface area contributed by atoms with Gasteiger partial charge in [-0.2, -0.15) is 0 Å². The van der Waals surface area contributed by atoms with Crippen LogP contribution in [0.25, 0.3) is 0 Å². The zero-order chi connectivity index (χ0) is 64.8. The first kappa shape index (κ1) is 73.6. The van der Waals surface area contributed by atoms with Crippen molar-refractivity contribution in [3.8, 4) is 0 Å². The summed E-state index contributed by atoms with van der Waals surface area (Å²) in [7, 11) is 0. The Hall–Kier alpha value is -8.51. The molecule has 22 N–H and O–H groups in total. The molecule has 1 aromatic rings. The fourth-order valence-electron chi connectivity index (χ4n) is 8.29. The Morgan fingerprint density at radius 1 is 0.616 bits per heavy atom. The van der Waals surface area contributed by atoms with Crippen molar-refractivity contribution in [3.05, 3.63) is 34.4 Å². The maximum absolute atomic E-state index is 13.8. The number of non-ortho nitro benzene ring substituents is 1. The smallest absolute Gasteiger partial charge is 0.269 e. The summed E-state index contributed by atoms with van der Waals surface area (Å²) >= 11 is 0. The first-order valence-electron chi connectivity index (χ1n) is 27.7. The summed E-state index contributed by atoms with van der Waals surface area (Å²) < 4.78 is 0. The molecule has 1 aliphatic heterocycles. The van der Waals surface area contributed by atoms with Gasteiger partial charge in [0.2, 0.25) is 76.8 Å². The van der Waals surface area contributed by atoms with Gasteiger partial charge in [-0.15, -0.1) is 0 Å². The van der Waals surface area contributed by atoms with E-state index < -0.39 is 187 Å². The van der Waals surface area contributed by atoms with Gasteiger partial charge in [0.25, 0.3) is 5.69 Å². The number of nitrogens with two attached hydrogens (primary N) is 4. The van der Waals surface area contributed by atoms with Crippen molar-refractivity contribution in [2.24, 2.45) is 28.9 Å². The predicted octanol–water partition coefficient (Wildman–Crippen LogP) is -8.23. The van der Waals surface area contributed by atoms with E-state index in [1.54, 1.807) is 13.8 Å². The Balaban J connectivity index is 1.96. The minimum absolute atomic E-state index is 0.0125. The summed E-state index contributed by atoms with van der Waals surface area (Å²) in [5, 5.41) is 66.8. The molecule has 0 saturated carbocycles. The number of rotatable bonds is 38. The van der Waals surface area contributed by atoms with Gasteiger partial charge in [-0.25, -0.2) is 0 Å². The molecule has 0 bridgehead atoms. The third-order valence-corrected chi connectivity index (χ3v) is 13.1. The van der Waals surface area contributed by atoms with Crippen LogP contribution in [0.2, 0.25) is 0 Å². The molecule has 0 radical (unpaired) electrons. The number of primary amides is 1. The molecule has 10 atom stereocenters. The van der Waals surface area contributed by atoms with Crippen molar-refractivity contribution >= 4 is 88.2 Å². The second-order valence-electron chi connectivity index (χ2n) is 20.5. The number of carbonyl (C=O) groups excluding carboxylic acids is 13. The Morgan fingerprint density at radius 2 is 1.12 bits per heavy atom. The van der Waals surface area contributed by atoms with Crippen molar-refractivity contribution < 1.29 is 82.6 Å². The lowest BCUT2D eigenvalue weighted by molar-refractivity contribution is -0.384. The number of nitrogens with zero attached hydrogens (tertiary/aromatic N) is 2. The van der Waals surface area contributed by atoms with Crippen molar-refractivity contribution in [3.63, 3.8) is 0 Å². The van der Waals surface area contributed by atoms with Gasteiger partial charge in [-0.1, -0.05) is 20.3 Å². The molecule has 86 heavy (non-hydrogen) atoms. The quantitative estimate of drug-likeness (QED) is 0.0166. The summed E-state index contributed by atoms with van der Waals surface area (Å²) in [5.74, 6) is -12.8. The molecule has 2 rings (SSSR count). The summed E-state index contributed by atoms with van der Waals surface area (Å²) in [6.07, 6.45) is 0.368. The highest BCUT2D eigenvalue weighted by Gasteiger charge is 2.41. The molecule has 1 aromatic carbocycles. The summed E-state index contributed by atoms with van der Waals surface area (Å²) in [5.41, 5.74) is 22.2. The monoisotopic (exact) mass is 1220 g/mol. The number of amides is 13. The Bertz CT molecular complexity index is 2540. The van der Waals surface area contributed by atoms with Crippen LogP contribution in [-0.2, 0) is 62.3 Å². The van der Waals surface area contributed by atoms with Crippen LogP contribution in [0, 0.1) is 16.0 Å². The molecule has 35 nitrogen and oxygen atoms in total. The van der Waals surface area contributed by atoms with E-state index in [0.717, 1.165) is 4.90 Å². The standard InChI is InChI=1S/C51H83N17O18/c1-26(2)41(50(83)60-29-13-15-30(16-14-29)68(85)86)65-49(82)36-12-9-19-67(36)51(84)42(28(4)71)66-43(76)27(3)59-38(73)21-57-45(78)34(24-69)62-40(75)23-58-46(79)35(25-70)64-48(81)33(20-37(55)72)63-47(80)32(11-6-8-18-53)61-39(74)22-56-44(77)31(54)10-5-7-17-52/h13-16,26-28,31-36,41-42,69-71H,5-12,17-25,52-54H2,1-4H3,(H2,55,72)(H,56,77)(H,57,78)(H,58,79)(H,59,73)(H,60,83)(H,61,74)(H,62,75)(H,63,80)(H,64,81)(H,65,82)(H,66,76)/t27-,28+,31-,32-,33-,34-,35-,36-,41-,42-/m0/s1. The van der Waals surface area contributed by atoms with Crippen molar-refractivity contribution in [1.82, 2.24) is 58.1 Å². The Morgan fingerprint density at radius 3 is 1.63 bits per heavy atom. The van der Waals surface area contributed by atoms with E-state index in [9.17, 15) is 87.8 Å². The summed E-state index contributed by atoms with van der Waals surface area (Å²) in [4.78, 5) is 181. The molecule has 0 spiro atoms. The lowest BCUT2D eigenvalue weighted by atomic mass is 10.0. The average Bonchev–Trinajstić information content (AvgIpc) is 2.84. The Kier molecular flexibility index (Phi) is 32.3. The molecular formula is C51H83N17O18. The lowest BCUT2D eigenvalue weighted by Gasteiger charge is -2.31. The number of anilines is 1. The lowest BCUT2D eigenvalue weighted by Crippen LogP contribution is -2.60. The van der Waals surface area contributed by atoms with Crippen LogP contribution in [0.4, 0.5) is 11.4 Å². The van der Waals surface area contributed by atoms with Crippen LogP contribution in [0.5, 0.6) is 0 Å².